The molecular formula is C42H55NO6SSi. The van der Waals surface area contributed by atoms with Crippen molar-refractivity contribution in [3.63, 3.8) is 0 Å². The Morgan fingerprint density at radius 2 is 1.24 bits per heavy atom. The van der Waals surface area contributed by atoms with Crippen LogP contribution in [0.15, 0.2) is 122 Å². The first-order valence-electron chi connectivity index (χ1n) is 17.8. The molecule has 0 aliphatic heterocycles. The smallest absolute Gasteiger partial charge is 0.255 e. The van der Waals surface area contributed by atoms with Gasteiger partial charge in [0.2, 0.25) is 10.0 Å². The van der Waals surface area contributed by atoms with E-state index in [1.807, 2.05) is 67.6 Å². The van der Waals surface area contributed by atoms with E-state index in [9.17, 15) is 13.5 Å². The Morgan fingerprint density at radius 3 is 1.65 bits per heavy atom. The van der Waals surface area contributed by atoms with E-state index in [2.05, 4.69) is 69.0 Å². The summed E-state index contributed by atoms with van der Waals surface area (Å²) in [6.45, 7) is 10.9. The van der Waals surface area contributed by atoms with Crippen LogP contribution in [0.3, 0.4) is 0 Å². The summed E-state index contributed by atoms with van der Waals surface area (Å²) >= 11 is 0. The normalized spacial score (nSPS) is 13.9. The Balaban J connectivity index is 1.60. The van der Waals surface area contributed by atoms with Crippen LogP contribution >= 0.6 is 0 Å². The minimum absolute atomic E-state index is 0.0812. The van der Waals surface area contributed by atoms with Crippen LogP contribution in [0, 0.1) is 11.8 Å². The average molecular weight is 730 g/mol. The van der Waals surface area contributed by atoms with E-state index >= 15 is 0 Å². The molecular weight excluding hydrogens is 675 g/mol. The highest BCUT2D eigenvalue weighted by atomic mass is 32.2. The molecule has 4 aromatic carbocycles. The summed E-state index contributed by atoms with van der Waals surface area (Å²) in [6, 6.07) is 36.6. The molecule has 4 rings (SSSR count). The molecule has 0 saturated heterocycles. The van der Waals surface area contributed by atoms with Crippen molar-refractivity contribution in [3.8, 4) is 11.5 Å². The number of benzene rings is 4. The van der Waals surface area contributed by atoms with Crippen molar-refractivity contribution >= 4 is 28.7 Å². The van der Waals surface area contributed by atoms with Gasteiger partial charge >= 0.3 is 0 Å². The number of rotatable bonds is 21. The molecule has 7 nitrogen and oxygen atoms in total. The number of hydrogen-bond donors (Lipinski definition) is 1. The van der Waals surface area contributed by atoms with Gasteiger partial charge in [0, 0.05) is 19.7 Å². The van der Waals surface area contributed by atoms with Crippen LogP contribution < -0.4 is 19.8 Å². The van der Waals surface area contributed by atoms with E-state index in [1.165, 1.54) is 14.7 Å². The van der Waals surface area contributed by atoms with Crippen molar-refractivity contribution in [2.75, 3.05) is 20.8 Å². The molecule has 0 aliphatic rings. The van der Waals surface area contributed by atoms with E-state index in [0.29, 0.717) is 36.9 Å². The molecule has 51 heavy (non-hydrogen) atoms. The van der Waals surface area contributed by atoms with Gasteiger partial charge in [-0.05, 0) is 82.9 Å². The number of hydrogen-bond acceptors (Lipinski definition) is 6. The Hall–Kier alpha value is -3.73. The van der Waals surface area contributed by atoms with Gasteiger partial charge < -0.3 is 19.0 Å². The average Bonchev–Trinajstić information content (AvgIpc) is 3.14. The predicted octanol–water partition coefficient (Wildman–Crippen LogP) is 7.19. The van der Waals surface area contributed by atoms with Crippen LogP contribution in [0.1, 0.15) is 51.2 Å². The van der Waals surface area contributed by atoms with Crippen LogP contribution in [0.4, 0.5) is 0 Å². The largest absolute Gasteiger partial charge is 0.497 e. The molecule has 274 valence electrons. The molecule has 0 fully saturated rings. The molecule has 0 radical (unpaired) electrons. The van der Waals surface area contributed by atoms with Gasteiger partial charge in [-0.1, -0.05) is 112 Å². The second-order valence-corrected chi connectivity index (χ2v) is 19.4. The first kappa shape index (κ1) is 40.0. The van der Waals surface area contributed by atoms with Crippen molar-refractivity contribution in [1.82, 2.24) is 4.31 Å². The summed E-state index contributed by atoms with van der Waals surface area (Å²) in [4.78, 5) is 0. The second-order valence-electron chi connectivity index (χ2n) is 13.7. The third-order valence-corrected chi connectivity index (χ3v) is 16.5. The van der Waals surface area contributed by atoms with Gasteiger partial charge in [-0.2, -0.15) is 4.31 Å². The molecule has 0 heterocycles. The molecule has 9 heteroatoms. The van der Waals surface area contributed by atoms with Crippen LogP contribution in [-0.4, -0.2) is 58.3 Å². The molecule has 1 N–H and O–H groups in total. The number of allylic oxidation sites excluding steroid dienone is 1. The van der Waals surface area contributed by atoms with E-state index < -0.39 is 29.7 Å². The van der Waals surface area contributed by atoms with Gasteiger partial charge in [0.05, 0.1) is 25.6 Å². The summed E-state index contributed by atoms with van der Waals surface area (Å²) in [5, 5.41) is 13.1. The number of ether oxygens (including phenoxy) is 2. The molecule has 0 amide bonds. The second kappa shape index (κ2) is 19.2. The Labute approximate surface area is 307 Å². The fourth-order valence-electron chi connectivity index (χ4n) is 6.73. The maximum absolute atomic E-state index is 14.8. The summed E-state index contributed by atoms with van der Waals surface area (Å²) in [5.41, 5.74) is 1.68. The standard InChI is InChI=1S/C42H55NO6SSi/c1-7-14-34(4)42(50(45,46)43(30-35-19-23-38(47-5)24-20-35)31-36-21-25-39(48-6)26-22-36)29-37(44)27-28-49-51(32-33(2)3,40-15-10-8-11-16-40)41-17-12-9-13-18-41/h7-13,15-26,33-34,37,42,44H,1,14,27-32H2,2-6H3/t34-,37-,42+/m1/s1. The third-order valence-electron chi connectivity index (χ3n) is 9.43. The SMILES string of the molecule is C=CC[C@@H](C)[C@H](C[C@H](O)CCO[Si](CC(C)C)(c1ccccc1)c1ccccc1)S(=O)(=O)N(Cc1ccc(OC)cc1)Cc1ccc(OC)cc1. The summed E-state index contributed by atoms with van der Waals surface area (Å²) in [6.07, 6.45) is 1.76. The highest BCUT2D eigenvalue weighted by Crippen LogP contribution is 2.29. The predicted molar refractivity (Wildman–Crippen MR) is 211 cm³/mol. The Kier molecular flexibility index (Phi) is 15.1. The van der Waals surface area contributed by atoms with Gasteiger partial charge in [-0.15, -0.1) is 6.58 Å². The highest BCUT2D eigenvalue weighted by Gasteiger charge is 2.41. The molecule has 4 aromatic rings. The van der Waals surface area contributed by atoms with Crippen LogP contribution in [0.25, 0.3) is 0 Å². The lowest BCUT2D eigenvalue weighted by molar-refractivity contribution is 0.123. The minimum Gasteiger partial charge on any atom is -0.497 e. The van der Waals surface area contributed by atoms with Crippen molar-refractivity contribution in [1.29, 1.82) is 0 Å². The first-order chi connectivity index (χ1) is 24.5. The first-order valence-corrected chi connectivity index (χ1v) is 21.4. The van der Waals surface area contributed by atoms with Gasteiger partial charge in [0.25, 0.3) is 8.32 Å². The van der Waals surface area contributed by atoms with E-state index in [4.69, 9.17) is 13.9 Å². The number of nitrogens with zero attached hydrogens (tertiary/aromatic N) is 1. The lowest BCUT2D eigenvalue weighted by atomic mass is 9.98. The number of methoxy groups -OCH3 is 2. The maximum Gasteiger partial charge on any atom is 0.255 e. The molecule has 3 atom stereocenters. The van der Waals surface area contributed by atoms with Crippen LogP contribution in [0.2, 0.25) is 6.04 Å². The van der Waals surface area contributed by atoms with Gasteiger partial charge in [0.1, 0.15) is 11.5 Å². The molecule has 0 spiro atoms. The lowest BCUT2D eigenvalue weighted by Crippen LogP contribution is -2.61. The zero-order valence-electron chi connectivity index (χ0n) is 30.8. The lowest BCUT2D eigenvalue weighted by Gasteiger charge is -2.35. The zero-order valence-corrected chi connectivity index (χ0v) is 32.6. The zero-order chi connectivity index (χ0) is 36.9. The molecule has 0 bridgehead atoms. The third kappa shape index (κ3) is 10.9. The fraction of sp³-hybridized carbons (Fsp3) is 0.381. The summed E-state index contributed by atoms with van der Waals surface area (Å²) < 4.78 is 48.7. The van der Waals surface area contributed by atoms with Gasteiger partial charge in [0.15, 0.2) is 0 Å². The van der Waals surface area contributed by atoms with Crippen LogP contribution in [0.5, 0.6) is 11.5 Å². The molecule has 0 aromatic heterocycles. The topological polar surface area (TPSA) is 85.3 Å². The number of sulfonamides is 1. The van der Waals surface area contributed by atoms with Crippen LogP contribution in [-0.2, 0) is 27.5 Å². The van der Waals surface area contributed by atoms with Gasteiger partial charge in [-0.25, -0.2) is 8.42 Å². The molecule has 0 saturated carbocycles. The molecule has 0 aliphatic carbocycles. The summed E-state index contributed by atoms with van der Waals surface area (Å²) in [7, 11) is -3.40. The highest BCUT2D eigenvalue weighted by molar-refractivity contribution is 7.89. The number of aliphatic hydroxyl groups is 1. The maximum atomic E-state index is 14.8. The van der Waals surface area contributed by atoms with Crippen molar-refractivity contribution in [3.05, 3.63) is 133 Å². The number of aliphatic hydroxyl groups excluding tert-OH is 1. The van der Waals surface area contributed by atoms with Crippen molar-refractivity contribution in [2.24, 2.45) is 11.8 Å². The van der Waals surface area contributed by atoms with Crippen molar-refractivity contribution in [2.45, 2.75) is 70.5 Å². The minimum atomic E-state index is -3.93. The Morgan fingerprint density at radius 1 is 0.765 bits per heavy atom. The summed E-state index contributed by atoms with van der Waals surface area (Å²) in [5.74, 6) is 1.51. The van der Waals surface area contributed by atoms with Gasteiger partial charge in [-0.3, -0.25) is 0 Å². The quantitative estimate of drug-likeness (QED) is 0.0723. The Bertz CT molecular complexity index is 1630. The molecule has 0 unspecified atom stereocenters. The van der Waals surface area contributed by atoms with E-state index in [1.54, 1.807) is 20.3 Å². The fourth-order valence-corrected chi connectivity index (χ4v) is 13.3. The van der Waals surface area contributed by atoms with E-state index in [0.717, 1.165) is 17.2 Å². The van der Waals surface area contributed by atoms with E-state index in [-0.39, 0.29) is 25.4 Å². The van der Waals surface area contributed by atoms with Crippen molar-refractivity contribution < 1.29 is 27.4 Å². The monoisotopic (exact) mass is 729 g/mol.